The highest BCUT2D eigenvalue weighted by molar-refractivity contribution is 5.82. The molecule has 0 fully saturated rings. The van der Waals surface area contributed by atoms with Crippen molar-refractivity contribution in [3.63, 3.8) is 0 Å². The summed E-state index contributed by atoms with van der Waals surface area (Å²) in [5.74, 6) is -2.47. The molecule has 3 unspecified atom stereocenters. The van der Waals surface area contributed by atoms with E-state index >= 15 is 0 Å². The van der Waals surface area contributed by atoms with E-state index in [1.54, 1.807) is 0 Å². The van der Waals surface area contributed by atoms with Crippen LogP contribution in [0.5, 0.6) is 0 Å². The summed E-state index contributed by atoms with van der Waals surface area (Å²) in [4.78, 5) is 23.8. The third-order valence-electron chi connectivity index (χ3n) is 4.71. The normalized spacial score (nSPS) is 23.8. The highest BCUT2D eigenvalue weighted by atomic mass is 16.6. The minimum atomic E-state index is -0.910. The number of aliphatic carboxylic acids is 1. The van der Waals surface area contributed by atoms with Gasteiger partial charge in [0.2, 0.25) is 0 Å². The smallest absolute Gasteiger partial charge is 0.310 e. The van der Waals surface area contributed by atoms with E-state index in [2.05, 4.69) is 6.92 Å². The molecule has 0 heterocycles. The van der Waals surface area contributed by atoms with E-state index in [9.17, 15) is 14.7 Å². The molecule has 0 bridgehead atoms. The molecule has 0 aliphatic heterocycles. The second kappa shape index (κ2) is 8.96. The number of hydrogen-bond acceptors (Lipinski definition) is 3. The SMILES string of the molecule is CCCCCCC(C)(CC)OC(=O)C1CC=CCC1C(=O)O. The summed E-state index contributed by atoms with van der Waals surface area (Å²) < 4.78 is 5.75. The molecule has 1 aliphatic rings. The first-order chi connectivity index (χ1) is 10.4. The molecular weight excluding hydrogens is 280 g/mol. The summed E-state index contributed by atoms with van der Waals surface area (Å²) in [6.07, 6.45) is 10.8. The van der Waals surface area contributed by atoms with E-state index < -0.39 is 23.4 Å². The summed E-state index contributed by atoms with van der Waals surface area (Å²) >= 11 is 0. The summed E-state index contributed by atoms with van der Waals surface area (Å²) in [5, 5.41) is 9.27. The van der Waals surface area contributed by atoms with E-state index in [0.29, 0.717) is 12.8 Å². The van der Waals surface area contributed by atoms with Gasteiger partial charge in [0.05, 0.1) is 11.8 Å². The predicted molar refractivity (Wildman–Crippen MR) is 86.5 cm³/mol. The Labute approximate surface area is 133 Å². The van der Waals surface area contributed by atoms with Gasteiger partial charge in [-0.1, -0.05) is 45.3 Å². The van der Waals surface area contributed by atoms with E-state index in [1.807, 2.05) is 26.0 Å². The molecule has 22 heavy (non-hydrogen) atoms. The van der Waals surface area contributed by atoms with E-state index in [4.69, 9.17) is 4.74 Å². The van der Waals surface area contributed by atoms with Gasteiger partial charge in [-0.15, -0.1) is 0 Å². The molecule has 1 aliphatic carbocycles. The average molecular weight is 310 g/mol. The van der Waals surface area contributed by atoms with Gasteiger partial charge < -0.3 is 9.84 Å². The molecule has 126 valence electrons. The van der Waals surface area contributed by atoms with Crippen LogP contribution in [-0.4, -0.2) is 22.6 Å². The van der Waals surface area contributed by atoms with Crippen molar-refractivity contribution in [2.24, 2.45) is 11.8 Å². The lowest BCUT2D eigenvalue weighted by Gasteiger charge is -2.32. The number of carboxylic acids is 1. The zero-order valence-corrected chi connectivity index (χ0v) is 14.1. The van der Waals surface area contributed by atoms with Crippen LogP contribution in [0, 0.1) is 11.8 Å². The van der Waals surface area contributed by atoms with Gasteiger partial charge in [-0.05, 0) is 39.0 Å². The molecule has 0 saturated heterocycles. The Kier molecular flexibility index (Phi) is 7.63. The van der Waals surface area contributed by atoms with Gasteiger partial charge >= 0.3 is 11.9 Å². The Hall–Kier alpha value is -1.32. The maximum absolute atomic E-state index is 12.5. The van der Waals surface area contributed by atoms with Crippen molar-refractivity contribution in [3.8, 4) is 0 Å². The predicted octanol–water partition coefficient (Wildman–Crippen LogP) is 4.34. The molecule has 1 N–H and O–H groups in total. The molecule has 1 rings (SSSR count). The first kappa shape index (κ1) is 18.7. The highest BCUT2D eigenvalue weighted by Gasteiger charge is 2.38. The third kappa shape index (κ3) is 5.47. The Morgan fingerprint density at radius 2 is 1.77 bits per heavy atom. The van der Waals surface area contributed by atoms with Crippen LogP contribution >= 0.6 is 0 Å². The number of hydrogen-bond donors (Lipinski definition) is 1. The first-order valence-electron chi connectivity index (χ1n) is 8.54. The fourth-order valence-corrected chi connectivity index (χ4v) is 2.89. The van der Waals surface area contributed by atoms with Crippen LogP contribution < -0.4 is 0 Å². The third-order valence-corrected chi connectivity index (χ3v) is 4.71. The lowest BCUT2D eigenvalue weighted by Crippen LogP contribution is -2.38. The van der Waals surface area contributed by atoms with Gasteiger partial charge in [0.15, 0.2) is 0 Å². The molecule has 0 aromatic rings. The highest BCUT2D eigenvalue weighted by Crippen LogP contribution is 2.31. The van der Waals surface area contributed by atoms with Crippen LogP contribution in [-0.2, 0) is 14.3 Å². The maximum atomic E-state index is 12.5. The topological polar surface area (TPSA) is 63.6 Å². The van der Waals surface area contributed by atoms with Crippen molar-refractivity contribution in [2.75, 3.05) is 0 Å². The van der Waals surface area contributed by atoms with Gasteiger partial charge in [-0.2, -0.15) is 0 Å². The van der Waals surface area contributed by atoms with Crippen LogP contribution in [0.15, 0.2) is 12.2 Å². The van der Waals surface area contributed by atoms with Gasteiger partial charge in [0.25, 0.3) is 0 Å². The Balaban J connectivity index is 2.62. The average Bonchev–Trinajstić information content (AvgIpc) is 2.51. The van der Waals surface area contributed by atoms with E-state index in [0.717, 1.165) is 25.7 Å². The van der Waals surface area contributed by atoms with Crippen LogP contribution in [0.3, 0.4) is 0 Å². The van der Waals surface area contributed by atoms with Crippen molar-refractivity contribution in [1.29, 1.82) is 0 Å². The number of ether oxygens (including phenoxy) is 1. The zero-order valence-electron chi connectivity index (χ0n) is 14.1. The van der Waals surface area contributed by atoms with Crippen molar-refractivity contribution in [1.82, 2.24) is 0 Å². The van der Waals surface area contributed by atoms with Crippen LogP contribution in [0.2, 0.25) is 0 Å². The quantitative estimate of drug-likeness (QED) is 0.391. The second-order valence-corrected chi connectivity index (χ2v) is 6.53. The molecule has 3 atom stereocenters. The summed E-state index contributed by atoms with van der Waals surface area (Å²) in [6.45, 7) is 6.15. The minimum Gasteiger partial charge on any atom is -0.481 e. The molecule has 0 aromatic heterocycles. The van der Waals surface area contributed by atoms with Gasteiger partial charge in [-0.25, -0.2) is 0 Å². The van der Waals surface area contributed by atoms with Crippen molar-refractivity contribution >= 4 is 11.9 Å². The molecule has 4 nitrogen and oxygen atoms in total. The molecule has 0 spiro atoms. The number of carboxylic acid groups (broad SMARTS) is 1. The number of carbonyl (C=O) groups excluding carboxylic acids is 1. The van der Waals surface area contributed by atoms with E-state index in [-0.39, 0.29) is 5.97 Å². The van der Waals surface area contributed by atoms with Crippen LogP contribution in [0.4, 0.5) is 0 Å². The number of esters is 1. The standard InChI is InChI=1S/C18H30O4/c1-4-6-7-10-13-18(3,5-2)22-17(21)15-12-9-8-11-14(15)16(19)20/h8-9,14-15H,4-7,10-13H2,1-3H3,(H,19,20). The molecule has 0 saturated carbocycles. The fraction of sp³-hybridized carbons (Fsp3) is 0.778. The maximum Gasteiger partial charge on any atom is 0.310 e. The van der Waals surface area contributed by atoms with Crippen molar-refractivity contribution in [3.05, 3.63) is 12.2 Å². The summed E-state index contributed by atoms with van der Waals surface area (Å²) in [5.41, 5.74) is -0.477. The van der Waals surface area contributed by atoms with Crippen LogP contribution in [0.1, 0.15) is 72.1 Å². The number of rotatable bonds is 9. The molecule has 4 heteroatoms. The first-order valence-corrected chi connectivity index (χ1v) is 8.54. The molecule has 0 aromatic carbocycles. The zero-order chi connectivity index (χ0) is 16.6. The minimum absolute atomic E-state index is 0.350. The lowest BCUT2D eigenvalue weighted by molar-refractivity contribution is -0.170. The van der Waals surface area contributed by atoms with Crippen LogP contribution in [0.25, 0.3) is 0 Å². The van der Waals surface area contributed by atoms with Crippen molar-refractivity contribution in [2.45, 2.75) is 77.7 Å². The monoisotopic (exact) mass is 310 g/mol. The Bertz CT molecular complexity index is 402. The second-order valence-electron chi connectivity index (χ2n) is 6.53. The number of carbonyl (C=O) groups is 2. The van der Waals surface area contributed by atoms with E-state index in [1.165, 1.54) is 12.8 Å². The van der Waals surface area contributed by atoms with Gasteiger partial charge in [-0.3, -0.25) is 9.59 Å². The largest absolute Gasteiger partial charge is 0.481 e. The fourth-order valence-electron chi connectivity index (χ4n) is 2.89. The van der Waals surface area contributed by atoms with Gasteiger partial charge in [0.1, 0.15) is 5.60 Å². The summed E-state index contributed by atoms with van der Waals surface area (Å²) in [6, 6.07) is 0. The molecular formula is C18H30O4. The number of allylic oxidation sites excluding steroid dienone is 2. The number of unbranched alkanes of at least 4 members (excludes halogenated alkanes) is 3. The summed E-state index contributed by atoms with van der Waals surface area (Å²) in [7, 11) is 0. The lowest BCUT2D eigenvalue weighted by atomic mass is 9.83. The van der Waals surface area contributed by atoms with Crippen molar-refractivity contribution < 1.29 is 19.4 Å². The van der Waals surface area contributed by atoms with Gasteiger partial charge in [0, 0.05) is 0 Å². The molecule has 0 amide bonds. The Morgan fingerprint density at radius 3 is 2.32 bits per heavy atom. The Morgan fingerprint density at radius 1 is 1.14 bits per heavy atom. The molecule has 0 radical (unpaired) electrons.